The minimum Gasteiger partial charge on any atom is -0.393 e. The van der Waals surface area contributed by atoms with Crippen LogP contribution < -0.4 is 0 Å². The highest BCUT2D eigenvalue weighted by atomic mass is 16.3. The Morgan fingerprint density at radius 2 is 1.48 bits per heavy atom. The molecule has 4 fully saturated rings. The Morgan fingerprint density at radius 1 is 0.783 bits per heavy atom. The van der Waals surface area contributed by atoms with Crippen molar-refractivity contribution in [3.05, 3.63) is 0 Å². The van der Waals surface area contributed by atoms with Gasteiger partial charge in [-0.2, -0.15) is 0 Å². The smallest absolute Gasteiger partial charge is 0.0652 e. The predicted molar refractivity (Wildman–Crippen MR) is 92.9 cm³/mol. The summed E-state index contributed by atoms with van der Waals surface area (Å²) in [6, 6.07) is 0. The van der Waals surface area contributed by atoms with E-state index in [0.717, 1.165) is 12.8 Å². The van der Waals surface area contributed by atoms with Gasteiger partial charge in [-0.25, -0.2) is 0 Å². The molecule has 4 rings (SSSR count). The van der Waals surface area contributed by atoms with Crippen LogP contribution in [0.4, 0.5) is 0 Å². The second-order valence-electron chi connectivity index (χ2n) is 11.1. The number of rotatable bonds is 0. The molecular formula is C21H36O2. The topological polar surface area (TPSA) is 40.5 Å². The van der Waals surface area contributed by atoms with E-state index in [0.29, 0.717) is 17.8 Å². The fourth-order valence-corrected chi connectivity index (χ4v) is 8.54. The number of aliphatic hydroxyl groups excluding tert-OH is 2. The van der Waals surface area contributed by atoms with Crippen LogP contribution in [0.1, 0.15) is 79.6 Å². The number of aliphatic hydroxyl groups is 2. The monoisotopic (exact) mass is 320 g/mol. The van der Waals surface area contributed by atoms with E-state index in [1.807, 2.05) is 0 Å². The summed E-state index contributed by atoms with van der Waals surface area (Å²) in [5.74, 6) is 1.98. The Bertz CT molecular complexity index is 510. The average molecular weight is 321 g/mol. The van der Waals surface area contributed by atoms with Crippen molar-refractivity contribution in [1.29, 1.82) is 0 Å². The molecule has 0 aromatic heterocycles. The molecule has 4 saturated carbocycles. The van der Waals surface area contributed by atoms with Gasteiger partial charge in [-0.3, -0.25) is 0 Å². The minimum absolute atomic E-state index is 0.0702. The van der Waals surface area contributed by atoms with E-state index in [-0.39, 0.29) is 33.9 Å². The van der Waals surface area contributed by atoms with Gasteiger partial charge in [0.05, 0.1) is 12.2 Å². The Morgan fingerprint density at radius 3 is 2.17 bits per heavy atom. The lowest BCUT2D eigenvalue weighted by molar-refractivity contribution is -0.193. The molecule has 0 radical (unpaired) electrons. The first-order chi connectivity index (χ1) is 10.5. The Labute approximate surface area is 142 Å². The van der Waals surface area contributed by atoms with Gasteiger partial charge in [-0.05, 0) is 78.9 Å². The molecule has 0 saturated heterocycles. The molecule has 7 atom stereocenters. The van der Waals surface area contributed by atoms with Gasteiger partial charge in [0.1, 0.15) is 0 Å². The van der Waals surface area contributed by atoms with Gasteiger partial charge in [0.25, 0.3) is 0 Å². The maximum atomic E-state index is 11.4. The molecular weight excluding hydrogens is 284 g/mol. The van der Waals surface area contributed by atoms with Crippen LogP contribution in [0.5, 0.6) is 0 Å². The highest BCUT2D eigenvalue weighted by Gasteiger charge is 2.69. The predicted octanol–water partition coefficient (Wildman–Crippen LogP) is 4.39. The summed E-state index contributed by atoms with van der Waals surface area (Å²) in [4.78, 5) is 0. The first-order valence-electron chi connectivity index (χ1n) is 9.90. The number of hydrogen-bond donors (Lipinski definition) is 2. The fourth-order valence-electron chi connectivity index (χ4n) is 8.54. The standard InChI is InChI=1S/C21H36O2/c1-18(2)11-14(22)12-20(5)15(18)8-9-21-10-13(6-7-16(20)21)19(3,4)17(21)23/h13-17,22-23H,6-12H2,1-5H3. The maximum Gasteiger partial charge on any atom is 0.0652 e. The first-order valence-corrected chi connectivity index (χ1v) is 9.90. The molecule has 132 valence electrons. The summed E-state index contributed by atoms with van der Waals surface area (Å²) in [5, 5.41) is 22.0. The number of hydrogen-bond acceptors (Lipinski definition) is 2. The third kappa shape index (κ3) is 1.89. The molecule has 23 heavy (non-hydrogen) atoms. The van der Waals surface area contributed by atoms with Crippen LogP contribution in [0, 0.1) is 39.4 Å². The third-order valence-electron chi connectivity index (χ3n) is 9.30. The van der Waals surface area contributed by atoms with Crippen molar-refractivity contribution in [2.75, 3.05) is 0 Å². The van der Waals surface area contributed by atoms with Crippen molar-refractivity contribution in [1.82, 2.24) is 0 Å². The molecule has 0 heterocycles. The Balaban J connectivity index is 1.78. The summed E-state index contributed by atoms with van der Waals surface area (Å²) >= 11 is 0. The van der Waals surface area contributed by atoms with Gasteiger partial charge in [0.15, 0.2) is 0 Å². The number of fused-ring (bicyclic) bond motifs is 3. The lowest BCUT2D eigenvalue weighted by Gasteiger charge is -2.65. The van der Waals surface area contributed by atoms with Crippen LogP contribution in [0.3, 0.4) is 0 Å². The quantitative estimate of drug-likeness (QED) is 0.695. The molecule has 4 aliphatic carbocycles. The largest absolute Gasteiger partial charge is 0.393 e. The van der Waals surface area contributed by atoms with E-state index < -0.39 is 0 Å². The molecule has 7 unspecified atom stereocenters. The molecule has 0 aromatic carbocycles. The molecule has 4 aliphatic rings. The summed E-state index contributed by atoms with van der Waals surface area (Å²) < 4.78 is 0. The van der Waals surface area contributed by atoms with Crippen molar-refractivity contribution in [2.24, 2.45) is 39.4 Å². The molecule has 2 bridgehead atoms. The zero-order valence-corrected chi connectivity index (χ0v) is 15.7. The Hall–Kier alpha value is -0.0800. The average Bonchev–Trinajstić information content (AvgIpc) is 2.55. The lowest BCUT2D eigenvalue weighted by Crippen LogP contribution is -2.60. The van der Waals surface area contributed by atoms with Gasteiger partial charge < -0.3 is 10.2 Å². The van der Waals surface area contributed by atoms with Gasteiger partial charge >= 0.3 is 0 Å². The van der Waals surface area contributed by atoms with Gasteiger partial charge in [-0.15, -0.1) is 0 Å². The molecule has 1 spiro atoms. The van der Waals surface area contributed by atoms with Crippen molar-refractivity contribution < 1.29 is 10.2 Å². The zero-order valence-electron chi connectivity index (χ0n) is 15.7. The normalized spacial score (nSPS) is 56.7. The zero-order chi connectivity index (χ0) is 16.8. The second kappa shape index (κ2) is 4.55. The molecule has 2 N–H and O–H groups in total. The van der Waals surface area contributed by atoms with Crippen molar-refractivity contribution >= 4 is 0 Å². The van der Waals surface area contributed by atoms with Crippen LogP contribution in [-0.2, 0) is 0 Å². The first kappa shape index (κ1) is 16.4. The lowest BCUT2D eigenvalue weighted by atomic mass is 9.40. The van der Waals surface area contributed by atoms with Crippen molar-refractivity contribution in [3.63, 3.8) is 0 Å². The highest BCUT2D eigenvalue weighted by Crippen LogP contribution is 2.74. The van der Waals surface area contributed by atoms with Gasteiger partial charge in [-0.1, -0.05) is 34.6 Å². The summed E-state index contributed by atoms with van der Waals surface area (Å²) in [7, 11) is 0. The maximum absolute atomic E-state index is 11.4. The van der Waals surface area contributed by atoms with Crippen LogP contribution >= 0.6 is 0 Å². The van der Waals surface area contributed by atoms with E-state index >= 15 is 0 Å². The van der Waals surface area contributed by atoms with E-state index in [9.17, 15) is 10.2 Å². The molecule has 0 aromatic rings. The molecule has 0 amide bonds. The highest BCUT2D eigenvalue weighted by molar-refractivity contribution is 5.18. The van der Waals surface area contributed by atoms with E-state index in [1.165, 1.54) is 32.1 Å². The van der Waals surface area contributed by atoms with E-state index in [4.69, 9.17) is 0 Å². The summed E-state index contributed by atoms with van der Waals surface area (Å²) in [5.41, 5.74) is 0.626. The molecule has 2 heteroatoms. The van der Waals surface area contributed by atoms with Gasteiger partial charge in [0, 0.05) is 5.41 Å². The third-order valence-corrected chi connectivity index (χ3v) is 9.30. The van der Waals surface area contributed by atoms with E-state index in [1.54, 1.807) is 0 Å². The Kier molecular flexibility index (Phi) is 3.24. The SMILES string of the molecule is CC1(C)CC(O)CC2(C)C1CCC13CC(CCC21)C(C)(C)C3O. The second-order valence-corrected chi connectivity index (χ2v) is 11.1. The van der Waals surface area contributed by atoms with Crippen LogP contribution in [0.25, 0.3) is 0 Å². The van der Waals surface area contributed by atoms with Gasteiger partial charge in [0.2, 0.25) is 0 Å². The van der Waals surface area contributed by atoms with Crippen LogP contribution in [0.15, 0.2) is 0 Å². The van der Waals surface area contributed by atoms with Crippen molar-refractivity contribution in [3.8, 4) is 0 Å². The van der Waals surface area contributed by atoms with Crippen molar-refractivity contribution in [2.45, 2.75) is 91.8 Å². The molecule has 2 nitrogen and oxygen atoms in total. The minimum atomic E-state index is -0.161. The van der Waals surface area contributed by atoms with E-state index in [2.05, 4.69) is 34.6 Å². The summed E-state index contributed by atoms with van der Waals surface area (Å²) in [6.07, 6.45) is 7.79. The van der Waals surface area contributed by atoms with Crippen LogP contribution in [0.2, 0.25) is 0 Å². The van der Waals surface area contributed by atoms with Crippen LogP contribution in [-0.4, -0.2) is 22.4 Å². The fraction of sp³-hybridized carbons (Fsp3) is 1.00. The molecule has 0 aliphatic heterocycles. The summed E-state index contributed by atoms with van der Waals surface area (Å²) in [6.45, 7) is 11.8.